The quantitative estimate of drug-likeness (QED) is 0.450. The minimum atomic E-state index is -0.941. The van der Waals surface area contributed by atoms with Gasteiger partial charge in [0.05, 0.1) is 22.0 Å². The van der Waals surface area contributed by atoms with E-state index in [1.807, 2.05) is 12.1 Å². The number of hydrogen-bond donors (Lipinski definition) is 5. The van der Waals surface area contributed by atoms with Crippen LogP contribution in [-0.4, -0.2) is 29.6 Å². The van der Waals surface area contributed by atoms with Crippen molar-refractivity contribution in [2.45, 2.75) is 13.0 Å². The van der Waals surface area contributed by atoms with Gasteiger partial charge >= 0.3 is 12.0 Å². The molecule has 0 atom stereocenters. The van der Waals surface area contributed by atoms with Gasteiger partial charge in [-0.3, -0.25) is 9.59 Å². The molecule has 0 aliphatic rings. The van der Waals surface area contributed by atoms with Crippen molar-refractivity contribution in [1.29, 1.82) is 0 Å². The number of primary amides is 1. The molecular weight excluding hydrogens is 407 g/mol. The summed E-state index contributed by atoms with van der Waals surface area (Å²) in [6.45, 7) is 0.488. The largest absolute Gasteiger partial charge is 0.481 e. The van der Waals surface area contributed by atoms with Gasteiger partial charge in [0, 0.05) is 18.8 Å². The fraction of sp³-hybridized carbons (Fsp3) is 0.167. The molecule has 0 aromatic heterocycles. The summed E-state index contributed by atoms with van der Waals surface area (Å²) in [5.74, 6) is -1.55. The van der Waals surface area contributed by atoms with Crippen molar-refractivity contribution in [3.8, 4) is 0 Å². The van der Waals surface area contributed by atoms with Crippen LogP contribution in [0.4, 0.5) is 10.5 Å². The summed E-state index contributed by atoms with van der Waals surface area (Å²) in [6, 6.07) is 11.5. The normalized spacial score (nSPS) is 9.64. The van der Waals surface area contributed by atoms with E-state index in [2.05, 4.69) is 10.6 Å². The fourth-order valence-corrected chi connectivity index (χ4v) is 2.48. The second-order valence-corrected chi connectivity index (χ2v) is 6.27. The molecule has 0 unspecified atom stereocenters. The Bertz CT molecular complexity index is 809. The van der Waals surface area contributed by atoms with Crippen LogP contribution in [0.15, 0.2) is 42.5 Å². The second kappa shape index (κ2) is 11.7. The van der Waals surface area contributed by atoms with E-state index in [1.165, 1.54) is 0 Å². The van der Waals surface area contributed by atoms with E-state index < -0.39 is 11.9 Å². The van der Waals surface area contributed by atoms with Gasteiger partial charge in [0.25, 0.3) is 5.91 Å². The molecule has 10 heteroatoms. The number of hydrogen-bond acceptors (Lipinski definition) is 4. The smallest absolute Gasteiger partial charge is 0.315 e. The van der Waals surface area contributed by atoms with Crippen LogP contribution in [0.3, 0.4) is 0 Å². The Morgan fingerprint density at radius 1 is 0.964 bits per heavy atom. The highest BCUT2D eigenvalue weighted by molar-refractivity contribution is 6.39. The fourth-order valence-electron chi connectivity index (χ4n) is 1.90. The minimum absolute atomic E-state index is 0.0880. The third kappa shape index (κ3) is 8.61. The number of carboxylic acids is 1. The number of benzene rings is 2. The summed E-state index contributed by atoms with van der Waals surface area (Å²) in [5, 5.41) is 14.0. The third-order valence-corrected chi connectivity index (χ3v) is 3.90. The van der Waals surface area contributed by atoms with Crippen molar-refractivity contribution in [1.82, 2.24) is 10.6 Å². The Hall–Kier alpha value is -2.97. The van der Waals surface area contributed by atoms with E-state index in [1.54, 1.807) is 30.3 Å². The highest BCUT2D eigenvalue weighted by Crippen LogP contribution is 2.23. The number of carbonyl (C=O) groups excluding carboxylic acids is 2. The molecule has 3 amide bonds. The lowest BCUT2D eigenvalue weighted by Crippen LogP contribution is -2.36. The van der Waals surface area contributed by atoms with E-state index in [-0.39, 0.29) is 34.6 Å². The Kier molecular flexibility index (Phi) is 9.63. The molecule has 0 radical (unpaired) electrons. The molecule has 0 heterocycles. The van der Waals surface area contributed by atoms with Crippen molar-refractivity contribution < 1.29 is 19.5 Å². The number of aliphatic carboxylic acids is 1. The molecule has 0 bridgehead atoms. The molecule has 28 heavy (non-hydrogen) atoms. The molecule has 0 spiro atoms. The van der Waals surface area contributed by atoms with Crippen LogP contribution >= 0.6 is 23.2 Å². The van der Waals surface area contributed by atoms with E-state index in [4.69, 9.17) is 39.8 Å². The first-order valence-corrected chi connectivity index (χ1v) is 8.78. The van der Waals surface area contributed by atoms with Crippen LogP contribution in [0.1, 0.15) is 22.3 Å². The topological polar surface area (TPSA) is 148 Å². The first kappa shape index (κ1) is 23.1. The van der Waals surface area contributed by atoms with Gasteiger partial charge in [-0.25, -0.2) is 4.79 Å². The maximum absolute atomic E-state index is 11.2. The number of urea groups is 1. The third-order valence-electron chi connectivity index (χ3n) is 3.27. The zero-order valence-corrected chi connectivity index (χ0v) is 16.3. The highest BCUT2D eigenvalue weighted by atomic mass is 35.5. The van der Waals surface area contributed by atoms with Gasteiger partial charge in [0.2, 0.25) is 0 Å². The SMILES string of the molecule is NC(=O)c1c(Cl)cccc1Cl.Nc1ccc(CNC(=O)NCCC(=O)O)cc1. The van der Waals surface area contributed by atoms with Crippen molar-refractivity contribution in [3.05, 3.63) is 63.6 Å². The number of anilines is 1. The number of nitrogens with two attached hydrogens (primary N) is 2. The maximum atomic E-state index is 11.2. The van der Waals surface area contributed by atoms with E-state index in [0.717, 1.165) is 5.56 Å². The molecule has 7 N–H and O–H groups in total. The highest BCUT2D eigenvalue weighted by Gasteiger charge is 2.09. The lowest BCUT2D eigenvalue weighted by atomic mass is 10.2. The zero-order valence-electron chi connectivity index (χ0n) is 14.7. The van der Waals surface area contributed by atoms with Crippen molar-refractivity contribution in [2.75, 3.05) is 12.3 Å². The number of carbonyl (C=O) groups is 3. The molecule has 2 rings (SSSR count). The monoisotopic (exact) mass is 426 g/mol. The molecule has 0 saturated heterocycles. The number of halogens is 2. The summed E-state index contributed by atoms with van der Waals surface area (Å²) in [5.41, 5.74) is 12.3. The number of nitrogens with one attached hydrogen (secondary N) is 2. The lowest BCUT2D eigenvalue weighted by molar-refractivity contribution is -0.136. The van der Waals surface area contributed by atoms with Gasteiger partial charge in [-0.15, -0.1) is 0 Å². The molecule has 150 valence electrons. The summed E-state index contributed by atoms with van der Waals surface area (Å²) in [7, 11) is 0. The van der Waals surface area contributed by atoms with Crippen molar-refractivity contribution >= 4 is 46.8 Å². The van der Waals surface area contributed by atoms with Crippen LogP contribution in [0, 0.1) is 0 Å². The van der Waals surface area contributed by atoms with Crippen LogP contribution in [0.5, 0.6) is 0 Å². The van der Waals surface area contributed by atoms with E-state index >= 15 is 0 Å². The Morgan fingerprint density at radius 3 is 2.00 bits per heavy atom. The molecular formula is C18H20Cl2N4O4. The minimum Gasteiger partial charge on any atom is -0.481 e. The van der Waals surface area contributed by atoms with Crippen LogP contribution in [0.25, 0.3) is 0 Å². The average molecular weight is 427 g/mol. The standard InChI is InChI=1S/C11H15N3O3.C7H5Cl2NO/c12-9-3-1-8(2-4-9)7-14-11(17)13-6-5-10(15)16;8-4-2-1-3-5(9)6(4)7(10)11/h1-4H,5-7,12H2,(H,15,16)(H2,13,14,17);1-3H,(H2,10,11). The van der Waals surface area contributed by atoms with Gasteiger partial charge in [-0.2, -0.15) is 0 Å². The van der Waals surface area contributed by atoms with E-state index in [0.29, 0.717) is 12.2 Å². The first-order chi connectivity index (χ1) is 13.2. The number of rotatable bonds is 6. The zero-order chi connectivity index (χ0) is 21.1. The first-order valence-electron chi connectivity index (χ1n) is 8.02. The summed E-state index contributed by atoms with van der Waals surface area (Å²) in [4.78, 5) is 32.1. The van der Waals surface area contributed by atoms with Gasteiger partial charge < -0.3 is 27.2 Å². The second-order valence-electron chi connectivity index (χ2n) is 5.46. The molecule has 0 fully saturated rings. The number of nitrogen functional groups attached to an aromatic ring is 1. The molecule has 8 nitrogen and oxygen atoms in total. The predicted molar refractivity (Wildman–Crippen MR) is 108 cm³/mol. The Labute approximate surface area is 171 Å². The molecule has 2 aromatic rings. The average Bonchev–Trinajstić information content (AvgIpc) is 2.61. The van der Waals surface area contributed by atoms with Crippen LogP contribution in [-0.2, 0) is 11.3 Å². The summed E-state index contributed by atoms with van der Waals surface area (Å²) < 4.78 is 0. The lowest BCUT2D eigenvalue weighted by Gasteiger charge is -2.06. The Balaban J connectivity index is 0.000000307. The maximum Gasteiger partial charge on any atom is 0.315 e. The molecule has 2 aromatic carbocycles. The van der Waals surface area contributed by atoms with Crippen LogP contribution in [0.2, 0.25) is 10.0 Å². The summed E-state index contributed by atoms with van der Waals surface area (Å²) >= 11 is 11.3. The van der Waals surface area contributed by atoms with Gasteiger partial charge in [0.1, 0.15) is 0 Å². The summed E-state index contributed by atoms with van der Waals surface area (Å²) in [6.07, 6.45) is -0.0880. The van der Waals surface area contributed by atoms with Gasteiger partial charge in [-0.05, 0) is 29.8 Å². The van der Waals surface area contributed by atoms with Crippen LogP contribution < -0.4 is 22.1 Å². The number of carboxylic acid groups (broad SMARTS) is 1. The van der Waals surface area contributed by atoms with Crippen molar-refractivity contribution in [3.63, 3.8) is 0 Å². The van der Waals surface area contributed by atoms with Gasteiger partial charge in [0.15, 0.2) is 0 Å². The Morgan fingerprint density at radius 2 is 1.54 bits per heavy atom. The number of amides is 3. The van der Waals surface area contributed by atoms with E-state index in [9.17, 15) is 14.4 Å². The van der Waals surface area contributed by atoms with Crippen molar-refractivity contribution in [2.24, 2.45) is 5.73 Å². The molecule has 0 aliphatic carbocycles. The molecule has 0 aliphatic heterocycles. The molecule has 0 saturated carbocycles. The van der Waals surface area contributed by atoms with Gasteiger partial charge in [-0.1, -0.05) is 41.4 Å². The predicted octanol–water partition coefficient (Wildman–Crippen LogP) is 2.64.